The highest BCUT2D eigenvalue weighted by Crippen LogP contribution is 2.44. The van der Waals surface area contributed by atoms with Gasteiger partial charge in [0.1, 0.15) is 5.60 Å². The van der Waals surface area contributed by atoms with Crippen LogP contribution in [0.25, 0.3) is 0 Å². The zero-order chi connectivity index (χ0) is 7.90. The summed E-state index contributed by atoms with van der Waals surface area (Å²) in [5.41, 5.74) is -0.0185. The lowest BCUT2D eigenvalue weighted by Crippen LogP contribution is -2.53. The van der Waals surface area contributed by atoms with Gasteiger partial charge in [-0.15, -0.1) is 0 Å². The number of esters is 1. The second-order valence-corrected chi connectivity index (χ2v) is 3.86. The van der Waals surface area contributed by atoms with Crippen LogP contribution in [0.1, 0.15) is 39.0 Å². The summed E-state index contributed by atoms with van der Waals surface area (Å²) in [7, 11) is 0. The van der Waals surface area contributed by atoms with Crippen molar-refractivity contribution in [2.75, 3.05) is 0 Å². The molecular weight excluding hydrogens is 140 g/mol. The van der Waals surface area contributed by atoms with E-state index in [0.717, 1.165) is 6.42 Å². The van der Waals surface area contributed by atoms with Crippen molar-refractivity contribution in [2.24, 2.45) is 5.92 Å². The molecule has 0 aromatic heterocycles. The van der Waals surface area contributed by atoms with Crippen LogP contribution in [0.15, 0.2) is 0 Å². The molecule has 2 fully saturated rings. The molecule has 0 radical (unpaired) electrons. The van der Waals surface area contributed by atoms with E-state index in [4.69, 9.17) is 4.74 Å². The number of rotatable bonds is 0. The predicted octanol–water partition coefficient (Wildman–Crippen LogP) is 1.88. The van der Waals surface area contributed by atoms with Crippen LogP contribution in [0.3, 0.4) is 0 Å². The monoisotopic (exact) mass is 154 g/mol. The molecule has 2 rings (SSSR count). The molecule has 0 aromatic carbocycles. The van der Waals surface area contributed by atoms with Gasteiger partial charge in [0.2, 0.25) is 0 Å². The molecule has 1 aliphatic carbocycles. The van der Waals surface area contributed by atoms with E-state index in [-0.39, 0.29) is 11.6 Å². The highest BCUT2D eigenvalue weighted by Gasteiger charge is 2.50. The molecule has 2 heteroatoms. The van der Waals surface area contributed by atoms with E-state index in [1.165, 1.54) is 19.3 Å². The molecule has 0 N–H and O–H groups in total. The third-order valence-corrected chi connectivity index (χ3v) is 3.15. The lowest BCUT2D eigenvalue weighted by molar-refractivity contribution is -0.207. The van der Waals surface area contributed by atoms with Crippen molar-refractivity contribution in [1.29, 1.82) is 0 Å². The summed E-state index contributed by atoms with van der Waals surface area (Å²) in [6, 6.07) is 0. The first kappa shape index (κ1) is 7.14. The van der Waals surface area contributed by atoms with Gasteiger partial charge < -0.3 is 4.74 Å². The molecule has 1 heterocycles. The average molecular weight is 154 g/mol. The van der Waals surface area contributed by atoms with Crippen molar-refractivity contribution in [2.45, 2.75) is 44.6 Å². The van der Waals surface area contributed by atoms with Gasteiger partial charge in [-0.3, -0.25) is 4.79 Å². The minimum atomic E-state index is -0.0185. The summed E-state index contributed by atoms with van der Waals surface area (Å²) in [6.45, 7) is 2.20. The Kier molecular flexibility index (Phi) is 1.44. The van der Waals surface area contributed by atoms with Gasteiger partial charge in [0.15, 0.2) is 0 Å². The normalized spacial score (nSPS) is 43.4. The van der Waals surface area contributed by atoms with Gasteiger partial charge in [0.05, 0.1) is 6.42 Å². The maximum Gasteiger partial charge on any atom is 0.310 e. The Balaban J connectivity index is 2.05. The van der Waals surface area contributed by atoms with Crippen LogP contribution < -0.4 is 0 Å². The van der Waals surface area contributed by atoms with Crippen LogP contribution in [0.2, 0.25) is 0 Å². The number of carbonyl (C=O) groups excluding carboxylic acids is 1. The summed E-state index contributed by atoms with van der Waals surface area (Å²) in [6.07, 6.45) is 5.54. The standard InChI is InChI=1S/C9H14O2/c1-7-4-2-3-5-9(7)6-8(10)11-9/h7H,2-6H2,1H3/t7-,9+/m0/s1. The first-order valence-electron chi connectivity index (χ1n) is 4.45. The highest BCUT2D eigenvalue weighted by atomic mass is 16.6. The van der Waals surface area contributed by atoms with Crippen molar-refractivity contribution in [3.05, 3.63) is 0 Å². The lowest BCUT2D eigenvalue weighted by atomic mass is 9.72. The van der Waals surface area contributed by atoms with E-state index in [9.17, 15) is 4.79 Å². The molecule has 2 atom stereocenters. The van der Waals surface area contributed by atoms with Crippen LogP contribution in [0, 0.1) is 5.92 Å². The molecule has 1 saturated heterocycles. The smallest absolute Gasteiger partial charge is 0.310 e. The first-order valence-corrected chi connectivity index (χ1v) is 4.45. The van der Waals surface area contributed by atoms with Crippen LogP contribution in [-0.4, -0.2) is 11.6 Å². The van der Waals surface area contributed by atoms with E-state index < -0.39 is 0 Å². The minimum Gasteiger partial charge on any atom is -0.458 e. The SMILES string of the molecule is C[C@H]1CCCC[C@@]12CC(=O)O2. The molecule has 1 aliphatic heterocycles. The zero-order valence-corrected chi connectivity index (χ0v) is 6.93. The Bertz CT molecular complexity index is 178. The third-order valence-electron chi connectivity index (χ3n) is 3.15. The number of hydrogen-bond acceptors (Lipinski definition) is 2. The van der Waals surface area contributed by atoms with Crippen LogP contribution in [-0.2, 0) is 9.53 Å². The van der Waals surface area contributed by atoms with Gasteiger partial charge in [-0.05, 0) is 25.2 Å². The quantitative estimate of drug-likeness (QED) is 0.498. The Hall–Kier alpha value is -0.530. The van der Waals surface area contributed by atoms with Crippen LogP contribution in [0.5, 0.6) is 0 Å². The maximum atomic E-state index is 10.7. The molecule has 0 unspecified atom stereocenters. The van der Waals surface area contributed by atoms with Crippen molar-refractivity contribution in [1.82, 2.24) is 0 Å². The molecule has 11 heavy (non-hydrogen) atoms. The summed E-state index contributed by atoms with van der Waals surface area (Å²) in [4.78, 5) is 10.7. The summed E-state index contributed by atoms with van der Waals surface area (Å²) < 4.78 is 5.24. The van der Waals surface area contributed by atoms with Gasteiger partial charge in [0.25, 0.3) is 0 Å². The van der Waals surface area contributed by atoms with E-state index in [2.05, 4.69) is 6.92 Å². The largest absolute Gasteiger partial charge is 0.458 e. The Morgan fingerprint density at radius 2 is 2.27 bits per heavy atom. The van der Waals surface area contributed by atoms with Crippen molar-refractivity contribution in [3.63, 3.8) is 0 Å². The van der Waals surface area contributed by atoms with Gasteiger partial charge in [-0.25, -0.2) is 0 Å². The first-order chi connectivity index (χ1) is 5.23. The second kappa shape index (κ2) is 2.23. The number of carbonyl (C=O) groups is 1. The summed E-state index contributed by atoms with van der Waals surface area (Å²) >= 11 is 0. The average Bonchev–Trinajstić information content (AvgIpc) is 1.92. The predicted molar refractivity (Wildman–Crippen MR) is 41.1 cm³/mol. The molecule has 1 saturated carbocycles. The maximum absolute atomic E-state index is 10.7. The van der Waals surface area contributed by atoms with Crippen LogP contribution in [0.4, 0.5) is 0 Å². The Morgan fingerprint density at radius 3 is 2.82 bits per heavy atom. The fourth-order valence-electron chi connectivity index (χ4n) is 2.26. The molecule has 2 nitrogen and oxygen atoms in total. The zero-order valence-electron chi connectivity index (χ0n) is 6.93. The number of ether oxygens (including phenoxy) is 1. The minimum absolute atomic E-state index is 0.00116. The molecular formula is C9H14O2. The third kappa shape index (κ3) is 0.959. The molecule has 0 bridgehead atoms. The number of hydrogen-bond donors (Lipinski definition) is 0. The second-order valence-electron chi connectivity index (χ2n) is 3.86. The molecule has 0 amide bonds. The molecule has 62 valence electrons. The van der Waals surface area contributed by atoms with Gasteiger partial charge in [-0.2, -0.15) is 0 Å². The van der Waals surface area contributed by atoms with Crippen molar-refractivity contribution >= 4 is 5.97 Å². The van der Waals surface area contributed by atoms with E-state index in [1.54, 1.807) is 0 Å². The Morgan fingerprint density at radius 1 is 1.55 bits per heavy atom. The summed E-state index contributed by atoms with van der Waals surface area (Å²) in [5, 5.41) is 0. The molecule has 0 aromatic rings. The van der Waals surface area contributed by atoms with Gasteiger partial charge in [-0.1, -0.05) is 13.3 Å². The van der Waals surface area contributed by atoms with Gasteiger partial charge in [0, 0.05) is 0 Å². The Labute approximate surface area is 66.9 Å². The fraction of sp³-hybridized carbons (Fsp3) is 0.889. The fourth-order valence-corrected chi connectivity index (χ4v) is 2.26. The van der Waals surface area contributed by atoms with Crippen molar-refractivity contribution in [3.8, 4) is 0 Å². The summed E-state index contributed by atoms with van der Waals surface area (Å²) in [5.74, 6) is 0.590. The van der Waals surface area contributed by atoms with E-state index in [1.807, 2.05) is 0 Å². The highest BCUT2D eigenvalue weighted by molar-refractivity contribution is 5.77. The lowest BCUT2D eigenvalue weighted by Gasteiger charge is -2.47. The van der Waals surface area contributed by atoms with Crippen LogP contribution >= 0.6 is 0 Å². The van der Waals surface area contributed by atoms with E-state index in [0.29, 0.717) is 12.3 Å². The van der Waals surface area contributed by atoms with Crippen molar-refractivity contribution < 1.29 is 9.53 Å². The topological polar surface area (TPSA) is 26.3 Å². The molecule has 2 aliphatic rings. The van der Waals surface area contributed by atoms with E-state index >= 15 is 0 Å². The van der Waals surface area contributed by atoms with Gasteiger partial charge >= 0.3 is 5.97 Å². The molecule has 1 spiro atoms.